The summed E-state index contributed by atoms with van der Waals surface area (Å²) < 4.78 is 11.3. The molecule has 3 rings (SSSR count). The SMILES string of the molecule is CCOC(=O)C1=C2C(=O)CC(C)(C)CC2OC1c1ccccc1. The molecular formula is C19H22O4. The number of hydrogen-bond acceptors (Lipinski definition) is 4. The third kappa shape index (κ3) is 2.95. The quantitative estimate of drug-likeness (QED) is 0.803. The fourth-order valence-corrected chi connectivity index (χ4v) is 3.50. The van der Waals surface area contributed by atoms with Crippen molar-refractivity contribution in [2.75, 3.05) is 6.61 Å². The van der Waals surface area contributed by atoms with Crippen molar-refractivity contribution >= 4 is 11.8 Å². The van der Waals surface area contributed by atoms with E-state index >= 15 is 0 Å². The van der Waals surface area contributed by atoms with Gasteiger partial charge in [0.25, 0.3) is 0 Å². The van der Waals surface area contributed by atoms with Gasteiger partial charge in [0.1, 0.15) is 6.10 Å². The lowest BCUT2D eigenvalue weighted by Gasteiger charge is -2.33. The van der Waals surface area contributed by atoms with Gasteiger partial charge in [-0.3, -0.25) is 4.79 Å². The standard InChI is InChI=1S/C19H22O4/c1-4-22-18(21)16-15-13(20)10-19(2,3)11-14(15)23-17(16)12-8-6-5-7-9-12/h5-9,14,17H,4,10-11H2,1-3H3. The Hall–Kier alpha value is -1.94. The molecule has 2 unspecified atom stereocenters. The summed E-state index contributed by atoms with van der Waals surface area (Å²) in [6, 6.07) is 9.55. The van der Waals surface area contributed by atoms with Gasteiger partial charge in [-0.2, -0.15) is 0 Å². The number of fused-ring (bicyclic) bond motifs is 1. The predicted octanol–water partition coefficient (Wildman–Crippen LogP) is 3.38. The lowest BCUT2D eigenvalue weighted by atomic mass is 9.72. The van der Waals surface area contributed by atoms with Gasteiger partial charge in [0.15, 0.2) is 5.78 Å². The maximum atomic E-state index is 12.6. The molecule has 0 amide bonds. The Bertz CT molecular complexity index is 657. The van der Waals surface area contributed by atoms with Crippen LogP contribution in [0.4, 0.5) is 0 Å². The van der Waals surface area contributed by atoms with Crippen LogP contribution in [-0.4, -0.2) is 24.5 Å². The van der Waals surface area contributed by atoms with Crippen LogP contribution in [0.15, 0.2) is 41.5 Å². The van der Waals surface area contributed by atoms with E-state index < -0.39 is 12.1 Å². The molecule has 1 aliphatic heterocycles. The Morgan fingerprint density at radius 2 is 2.00 bits per heavy atom. The van der Waals surface area contributed by atoms with Gasteiger partial charge in [0, 0.05) is 12.0 Å². The second-order valence-corrected chi connectivity index (χ2v) is 6.93. The Morgan fingerprint density at radius 3 is 2.65 bits per heavy atom. The zero-order chi connectivity index (χ0) is 16.6. The highest BCUT2D eigenvalue weighted by Gasteiger charge is 2.48. The molecule has 0 N–H and O–H groups in total. The van der Waals surface area contributed by atoms with E-state index in [-0.39, 0.29) is 23.9 Å². The van der Waals surface area contributed by atoms with Crippen molar-refractivity contribution in [3.63, 3.8) is 0 Å². The van der Waals surface area contributed by atoms with E-state index in [1.54, 1.807) is 6.92 Å². The first-order chi connectivity index (χ1) is 10.9. The molecule has 1 aliphatic carbocycles. The van der Waals surface area contributed by atoms with Crippen molar-refractivity contribution in [1.82, 2.24) is 0 Å². The molecule has 0 aromatic heterocycles. The van der Waals surface area contributed by atoms with E-state index in [1.807, 2.05) is 30.3 Å². The van der Waals surface area contributed by atoms with Crippen molar-refractivity contribution in [2.45, 2.75) is 45.8 Å². The number of Topliss-reactive ketones (excluding diaryl/α,β-unsaturated/α-hetero) is 1. The smallest absolute Gasteiger partial charge is 0.337 e. The second kappa shape index (κ2) is 5.93. The predicted molar refractivity (Wildman–Crippen MR) is 85.7 cm³/mol. The van der Waals surface area contributed by atoms with Gasteiger partial charge in [-0.15, -0.1) is 0 Å². The molecule has 2 atom stereocenters. The van der Waals surface area contributed by atoms with Crippen LogP contribution < -0.4 is 0 Å². The molecule has 1 aromatic carbocycles. The minimum absolute atomic E-state index is 0.00716. The van der Waals surface area contributed by atoms with Crippen LogP contribution in [-0.2, 0) is 19.1 Å². The Morgan fingerprint density at radius 1 is 1.30 bits per heavy atom. The number of rotatable bonds is 3. The summed E-state index contributed by atoms with van der Waals surface area (Å²) in [4.78, 5) is 25.1. The molecule has 1 heterocycles. The first-order valence-electron chi connectivity index (χ1n) is 8.08. The van der Waals surface area contributed by atoms with E-state index in [0.717, 1.165) is 12.0 Å². The average molecular weight is 314 g/mol. The minimum Gasteiger partial charge on any atom is -0.463 e. The van der Waals surface area contributed by atoms with Crippen LogP contribution in [0, 0.1) is 5.41 Å². The van der Waals surface area contributed by atoms with Crippen LogP contribution in [0.5, 0.6) is 0 Å². The van der Waals surface area contributed by atoms with Gasteiger partial charge in [-0.25, -0.2) is 4.79 Å². The zero-order valence-corrected chi connectivity index (χ0v) is 13.8. The van der Waals surface area contributed by atoms with E-state index in [0.29, 0.717) is 17.6 Å². The number of hydrogen-bond donors (Lipinski definition) is 0. The highest BCUT2D eigenvalue weighted by Crippen LogP contribution is 2.47. The van der Waals surface area contributed by atoms with Crippen molar-refractivity contribution in [3.05, 3.63) is 47.0 Å². The van der Waals surface area contributed by atoms with Crippen LogP contribution in [0.1, 0.15) is 45.3 Å². The van der Waals surface area contributed by atoms with Gasteiger partial charge < -0.3 is 9.47 Å². The molecule has 4 nitrogen and oxygen atoms in total. The summed E-state index contributed by atoms with van der Waals surface area (Å²) in [5.74, 6) is -0.431. The van der Waals surface area contributed by atoms with Gasteiger partial charge in [0.05, 0.1) is 18.3 Å². The van der Waals surface area contributed by atoms with E-state index in [4.69, 9.17) is 9.47 Å². The fourth-order valence-electron chi connectivity index (χ4n) is 3.50. The maximum Gasteiger partial charge on any atom is 0.337 e. The molecule has 1 fully saturated rings. The molecule has 0 saturated heterocycles. The molecule has 23 heavy (non-hydrogen) atoms. The van der Waals surface area contributed by atoms with E-state index in [1.165, 1.54) is 0 Å². The average Bonchev–Trinajstić information content (AvgIpc) is 2.86. The number of benzene rings is 1. The number of ketones is 1. The number of carbonyl (C=O) groups is 2. The zero-order valence-electron chi connectivity index (χ0n) is 13.8. The first-order valence-corrected chi connectivity index (χ1v) is 8.08. The van der Waals surface area contributed by atoms with Gasteiger partial charge in [-0.05, 0) is 24.3 Å². The molecule has 1 saturated carbocycles. The minimum atomic E-state index is -0.520. The number of ether oxygens (including phenoxy) is 2. The summed E-state index contributed by atoms with van der Waals surface area (Å²) in [5.41, 5.74) is 1.68. The molecule has 4 heteroatoms. The Kier molecular flexibility index (Phi) is 4.11. The molecular weight excluding hydrogens is 292 g/mol. The van der Waals surface area contributed by atoms with Crippen LogP contribution >= 0.6 is 0 Å². The van der Waals surface area contributed by atoms with E-state index in [2.05, 4.69) is 13.8 Å². The van der Waals surface area contributed by atoms with Gasteiger partial charge in [-0.1, -0.05) is 44.2 Å². The fraction of sp³-hybridized carbons (Fsp3) is 0.474. The van der Waals surface area contributed by atoms with E-state index in [9.17, 15) is 9.59 Å². The second-order valence-electron chi connectivity index (χ2n) is 6.93. The molecule has 0 radical (unpaired) electrons. The monoisotopic (exact) mass is 314 g/mol. The van der Waals surface area contributed by atoms with Gasteiger partial charge >= 0.3 is 5.97 Å². The number of carbonyl (C=O) groups excluding carboxylic acids is 2. The summed E-state index contributed by atoms with van der Waals surface area (Å²) in [6.45, 7) is 6.16. The third-order valence-corrected chi connectivity index (χ3v) is 4.45. The highest BCUT2D eigenvalue weighted by atomic mass is 16.5. The normalized spacial score (nSPS) is 26.1. The summed E-state index contributed by atoms with van der Waals surface area (Å²) >= 11 is 0. The van der Waals surface area contributed by atoms with Crippen LogP contribution in [0.2, 0.25) is 0 Å². The van der Waals surface area contributed by atoms with Crippen LogP contribution in [0.25, 0.3) is 0 Å². The summed E-state index contributed by atoms with van der Waals surface area (Å²) in [7, 11) is 0. The molecule has 2 aliphatic rings. The first kappa shape index (κ1) is 15.9. The van der Waals surface area contributed by atoms with Crippen molar-refractivity contribution < 1.29 is 19.1 Å². The van der Waals surface area contributed by atoms with Gasteiger partial charge in [0.2, 0.25) is 0 Å². The maximum absolute atomic E-state index is 12.6. The van der Waals surface area contributed by atoms with Crippen molar-refractivity contribution in [2.24, 2.45) is 5.41 Å². The topological polar surface area (TPSA) is 52.6 Å². The Balaban J connectivity index is 2.06. The number of esters is 1. The highest BCUT2D eigenvalue weighted by molar-refractivity contribution is 6.06. The molecule has 1 aromatic rings. The Labute approximate surface area is 136 Å². The largest absolute Gasteiger partial charge is 0.463 e. The summed E-state index contributed by atoms with van der Waals surface area (Å²) in [6.07, 6.45) is 0.330. The molecule has 122 valence electrons. The molecule has 0 spiro atoms. The lowest BCUT2D eigenvalue weighted by Crippen LogP contribution is -2.34. The van der Waals surface area contributed by atoms with Crippen molar-refractivity contribution in [3.8, 4) is 0 Å². The van der Waals surface area contributed by atoms with Crippen molar-refractivity contribution in [1.29, 1.82) is 0 Å². The lowest BCUT2D eigenvalue weighted by molar-refractivity contribution is -0.139. The van der Waals surface area contributed by atoms with Crippen LogP contribution in [0.3, 0.4) is 0 Å². The summed E-state index contributed by atoms with van der Waals surface area (Å²) in [5, 5.41) is 0. The molecule has 0 bridgehead atoms. The third-order valence-electron chi connectivity index (χ3n) is 4.45.